The van der Waals surface area contributed by atoms with Gasteiger partial charge in [-0.15, -0.1) is 0 Å². The average molecular weight is 719 g/mol. The molecule has 1 saturated carbocycles. The molecule has 10 nitrogen and oxygen atoms in total. The number of hydrogen-bond donors (Lipinski definition) is 1. The highest BCUT2D eigenvalue weighted by molar-refractivity contribution is 8.53. The Morgan fingerprint density at radius 2 is 1.52 bits per heavy atom. The largest absolute Gasteiger partial charge is 0.497 e. The molecule has 4 atom stereocenters. The summed E-state index contributed by atoms with van der Waals surface area (Å²) in [5, 5.41) is 0. The molecular formula is C38H43N2O8PS. The van der Waals surface area contributed by atoms with E-state index in [0.29, 0.717) is 18.6 Å². The van der Waals surface area contributed by atoms with Gasteiger partial charge in [0.05, 0.1) is 33.5 Å². The highest BCUT2D eigenvalue weighted by Crippen LogP contribution is 2.68. The topological polar surface area (TPSA) is 110 Å². The highest BCUT2D eigenvalue weighted by Gasteiger charge is 2.48. The van der Waals surface area contributed by atoms with Crippen molar-refractivity contribution in [3.05, 3.63) is 128 Å². The van der Waals surface area contributed by atoms with E-state index in [1.807, 2.05) is 78.1 Å². The average Bonchev–Trinajstić information content (AvgIpc) is 3.74. The first kappa shape index (κ1) is 35.0. The standard InChI is InChI=1S/C38H43N2O8PS/c1-26-23-40(36(42)39-35(26)41)34-22-32(48-49-46-25-37(50-49)20-8-5-9-21-37)33(47-34)24-45-38(27-10-6-4-7-11-27,28-12-16-30(43-2)17-13-28)29-14-18-31(44-3)19-15-29/h4,6-7,10-19,23,32-34H,5,8-9,20-22,24-25H2,1-3H3,(H,39,41,42)/t32-,33+,34+,49?/m0/s1. The molecular weight excluding hydrogens is 675 g/mol. The molecule has 3 heterocycles. The Morgan fingerprint density at radius 3 is 2.14 bits per heavy atom. The van der Waals surface area contributed by atoms with Gasteiger partial charge in [0.2, 0.25) is 7.58 Å². The Labute approximate surface area is 297 Å². The molecule has 1 N–H and O–H groups in total. The summed E-state index contributed by atoms with van der Waals surface area (Å²) < 4.78 is 39.5. The van der Waals surface area contributed by atoms with Crippen molar-refractivity contribution in [1.82, 2.24) is 9.55 Å². The zero-order valence-corrected chi connectivity index (χ0v) is 30.3. The van der Waals surface area contributed by atoms with Crippen LogP contribution in [0, 0.1) is 6.92 Å². The van der Waals surface area contributed by atoms with Gasteiger partial charge in [-0.2, -0.15) is 0 Å². The molecule has 1 spiro atoms. The molecule has 0 radical (unpaired) electrons. The predicted molar refractivity (Wildman–Crippen MR) is 194 cm³/mol. The molecule has 3 aliphatic rings. The third-order valence-corrected chi connectivity index (χ3v) is 14.0. The fourth-order valence-electron chi connectivity index (χ4n) is 7.19. The van der Waals surface area contributed by atoms with Gasteiger partial charge >= 0.3 is 5.69 Å². The number of methoxy groups -OCH3 is 2. The molecule has 7 rings (SSSR count). The number of aromatic nitrogens is 2. The van der Waals surface area contributed by atoms with Crippen LogP contribution >= 0.6 is 19.0 Å². The van der Waals surface area contributed by atoms with Crippen molar-refractivity contribution in [2.45, 2.75) is 74.2 Å². The fourth-order valence-corrected chi connectivity index (χ4v) is 11.6. The van der Waals surface area contributed by atoms with Crippen molar-refractivity contribution in [2.24, 2.45) is 0 Å². The van der Waals surface area contributed by atoms with Gasteiger partial charge in [0.15, 0.2) is 0 Å². The van der Waals surface area contributed by atoms with Gasteiger partial charge in [0.1, 0.15) is 29.4 Å². The first-order chi connectivity index (χ1) is 24.3. The number of nitrogens with one attached hydrogen (secondary N) is 1. The van der Waals surface area contributed by atoms with Crippen LogP contribution in [0.4, 0.5) is 0 Å². The molecule has 264 valence electrons. The summed E-state index contributed by atoms with van der Waals surface area (Å²) in [7, 11) is 2.06. The Kier molecular flexibility index (Phi) is 10.5. The second-order valence-electron chi connectivity index (χ2n) is 13.1. The fraction of sp³-hybridized carbons (Fsp3) is 0.421. The SMILES string of the molecule is COc1ccc(C(OC[C@H]2O[C@@H](n3cc(C)c(=O)[nH]c3=O)C[C@@H]2OP2OCC3(CCCCC3)S2)(c2ccccc2)c2ccc(OC)cc2)cc1. The highest BCUT2D eigenvalue weighted by atomic mass is 32.7. The lowest BCUT2D eigenvalue weighted by molar-refractivity contribution is -0.0914. The van der Waals surface area contributed by atoms with Gasteiger partial charge in [0.25, 0.3) is 5.56 Å². The number of hydrogen-bond acceptors (Lipinski definition) is 9. The number of ether oxygens (including phenoxy) is 4. The normalized spacial score (nSPS) is 23.3. The monoisotopic (exact) mass is 718 g/mol. The summed E-state index contributed by atoms with van der Waals surface area (Å²) in [5.74, 6) is 1.46. The zero-order valence-electron chi connectivity index (χ0n) is 28.5. The number of rotatable bonds is 11. The maximum Gasteiger partial charge on any atom is 0.330 e. The second-order valence-corrected chi connectivity index (χ2v) is 16.5. The summed E-state index contributed by atoms with van der Waals surface area (Å²) in [5.41, 5.74) is 1.13. The molecule has 50 heavy (non-hydrogen) atoms. The minimum atomic E-state index is -1.23. The third kappa shape index (κ3) is 7.04. The summed E-state index contributed by atoms with van der Waals surface area (Å²) in [6.07, 6.45) is 6.21. The molecule has 1 aliphatic carbocycles. The van der Waals surface area contributed by atoms with Crippen LogP contribution in [0.5, 0.6) is 11.5 Å². The summed E-state index contributed by atoms with van der Waals surface area (Å²) >= 11 is 1.83. The number of H-pyrrole nitrogens is 1. The quantitative estimate of drug-likeness (QED) is 0.127. The van der Waals surface area contributed by atoms with E-state index in [1.54, 1.807) is 27.3 Å². The van der Waals surface area contributed by atoms with Crippen LogP contribution in [-0.4, -0.2) is 53.9 Å². The molecule has 3 fully saturated rings. The van der Waals surface area contributed by atoms with Crippen LogP contribution in [0.15, 0.2) is 94.6 Å². The molecule has 0 amide bonds. The summed E-state index contributed by atoms with van der Waals surface area (Å²) in [4.78, 5) is 27.7. The van der Waals surface area contributed by atoms with Gasteiger partial charge in [-0.25, -0.2) is 4.79 Å². The number of aromatic amines is 1. The van der Waals surface area contributed by atoms with Gasteiger partial charge in [-0.3, -0.25) is 14.3 Å². The van der Waals surface area contributed by atoms with Crippen molar-refractivity contribution in [2.75, 3.05) is 27.4 Å². The van der Waals surface area contributed by atoms with E-state index in [-0.39, 0.29) is 11.4 Å². The lowest BCUT2D eigenvalue weighted by Crippen LogP contribution is -2.38. The Morgan fingerprint density at radius 1 is 0.900 bits per heavy atom. The Hall–Kier alpha value is -3.44. The third-order valence-electron chi connectivity index (χ3n) is 9.96. The van der Waals surface area contributed by atoms with Crippen LogP contribution in [0.2, 0.25) is 0 Å². The van der Waals surface area contributed by atoms with Gasteiger partial charge in [0, 0.05) is 22.9 Å². The van der Waals surface area contributed by atoms with E-state index < -0.39 is 42.9 Å². The van der Waals surface area contributed by atoms with E-state index in [9.17, 15) is 9.59 Å². The lowest BCUT2D eigenvalue weighted by atomic mass is 9.80. The molecule has 1 unspecified atom stereocenters. The molecule has 2 saturated heterocycles. The number of nitrogens with zero attached hydrogens (tertiary/aromatic N) is 1. The van der Waals surface area contributed by atoms with Crippen LogP contribution < -0.4 is 20.7 Å². The lowest BCUT2D eigenvalue weighted by Gasteiger charge is -2.37. The molecule has 0 bridgehead atoms. The Balaban J connectivity index is 1.25. The van der Waals surface area contributed by atoms with Gasteiger partial charge in [-0.05, 0) is 60.7 Å². The number of aryl methyl sites for hydroxylation is 1. The molecule has 12 heteroatoms. The van der Waals surface area contributed by atoms with E-state index in [1.165, 1.54) is 23.8 Å². The zero-order chi connectivity index (χ0) is 34.7. The van der Waals surface area contributed by atoms with Crippen molar-refractivity contribution in [1.29, 1.82) is 0 Å². The smallest absolute Gasteiger partial charge is 0.330 e. The molecule has 1 aromatic heterocycles. The van der Waals surface area contributed by atoms with Crippen molar-refractivity contribution >= 4 is 19.0 Å². The van der Waals surface area contributed by atoms with Gasteiger partial charge < -0.3 is 28.0 Å². The van der Waals surface area contributed by atoms with Crippen LogP contribution in [0.1, 0.15) is 67.0 Å². The van der Waals surface area contributed by atoms with Crippen molar-refractivity contribution in [3.8, 4) is 11.5 Å². The molecule has 2 aliphatic heterocycles. The van der Waals surface area contributed by atoms with E-state index in [4.69, 9.17) is 28.0 Å². The predicted octanol–water partition coefficient (Wildman–Crippen LogP) is 7.24. The Bertz CT molecular complexity index is 1810. The van der Waals surface area contributed by atoms with E-state index in [0.717, 1.165) is 41.0 Å². The molecule has 4 aromatic rings. The van der Waals surface area contributed by atoms with Crippen LogP contribution in [0.3, 0.4) is 0 Å². The maximum absolute atomic E-state index is 13.0. The van der Waals surface area contributed by atoms with Crippen molar-refractivity contribution in [3.63, 3.8) is 0 Å². The summed E-state index contributed by atoms with van der Waals surface area (Å²) in [6.45, 7) is 2.49. The van der Waals surface area contributed by atoms with Crippen LogP contribution in [-0.2, 0) is 24.1 Å². The minimum Gasteiger partial charge on any atom is -0.497 e. The first-order valence-corrected chi connectivity index (χ1v) is 19.7. The second kappa shape index (κ2) is 15.0. The van der Waals surface area contributed by atoms with E-state index in [2.05, 4.69) is 17.1 Å². The van der Waals surface area contributed by atoms with Gasteiger partial charge in [-0.1, -0.05) is 85.2 Å². The van der Waals surface area contributed by atoms with Crippen LogP contribution in [0.25, 0.3) is 0 Å². The number of benzene rings is 3. The van der Waals surface area contributed by atoms with Crippen molar-refractivity contribution < 1.29 is 28.0 Å². The summed E-state index contributed by atoms with van der Waals surface area (Å²) in [6, 6.07) is 25.9. The maximum atomic E-state index is 13.0. The molecule has 3 aromatic carbocycles. The minimum absolute atomic E-state index is 0.104. The first-order valence-electron chi connectivity index (χ1n) is 17.1. The van der Waals surface area contributed by atoms with E-state index >= 15 is 0 Å².